The highest BCUT2D eigenvalue weighted by atomic mass is 79.9. The Hall–Kier alpha value is -2.34. The molecule has 1 N–H and O–H groups in total. The van der Waals surface area contributed by atoms with Crippen LogP contribution in [-0.2, 0) is 4.79 Å². The average Bonchev–Trinajstić information content (AvgIpc) is 2.61. The minimum atomic E-state index is -0.246. The first-order valence-corrected chi connectivity index (χ1v) is 8.20. The van der Waals surface area contributed by atoms with E-state index in [1.165, 1.54) is 0 Å². The van der Waals surface area contributed by atoms with Crippen molar-refractivity contribution in [3.8, 4) is 11.5 Å². The quantitative estimate of drug-likeness (QED) is 0.658. The van der Waals surface area contributed by atoms with E-state index in [1.54, 1.807) is 36.4 Å². The zero-order chi connectivity index (χ0) is 16.2. The van der Waals surface area contributed by atoms with Gasteiger partial charge < -0.3 is 14.8 Å². The maximum atomic E-state index is 12.8. The monoisotopic (exact) mass is 375 g/mol. The Labute approximate surface area is 141 Å². The highest BCUT2D eigenvalue weighted by molar-refractivity contribution is 9.09. The first kappa shape index (κ1) is 15.6. The van der Waals surface area contributed by atoms with Crippen molar-refractivity contribution in [3.05, 3.63) is 53.6 Å². The van der Waals surface area contributed by atoms with Gasteiger partial charge in [0.1, 0.15) is 13.2 Å². The Morgan fingerprint density at radius 1 is 1.04 bits per heavy atom. The fourth-order valence-electron chi connectivity index (χ4n) is 2.31. The number of hydrogen-bond acceptors (Lipinski definition) is 4. The van der Waals surface area contributed by atoms with Gasteiger partial charge >= 0.3 is 0 Å². The SMILES string of the molecule is O=C(CBr)Nc1cc2c(cc1C(=O)c1ccccc1)OCCO2. The minimum Gasteiger partial charge on any atom is -0.486 e. The predicted molar refractivity (Wildman–Crippen MR) is 89.7 cm³/mol. The molecule has 1 heterocycles. The van der Waals surface area contributed by atoms with Gasteiger partial charge in [-0.25, -0.2) is 0 Å². The van der Waals surface area contributed by atoms with Gasteiger partial charge in [0.05, 0.1) is 16.6 Å². The number of anilines is 1. The lowest BCUT2D eigenvalue weighted by molar-refractivity contribution is -0.113. The summed E-state index contributed by atoms with van der Waals surface area (Å²) in [7, 11) is 0. The summed E-state index contributed by atoms with van der Waals surface area (Å²) >= 11 is 3.10. The molecule has 0 spiro atoms. The molecule has 2 aromatic carbocycles. The number of halogens is 1. The topological polar surface area (TPSA) is 64.6 Å². The van der Waals surface area contributed by atoms with Gasteiger partial charge in [-0.1, -0.05) is 46.3 Å². The summed E-state index contributed by atoms with van der Waals surface area (Å²) in [6.45, 7) is 0.865. The molecule has 0 atom stereocenters. The summed E-state index contributed by atoms with van der Waals surface area (Å²) in [4.78, 5) is 24.5. The summed E-state index contributed by atoms with van der Waals surface area (Å²) < 4.78 is 11.1. The van der Waals surface area contributed by atoms with Gasteiger partial charge in [0.25, 0.3) is 0 Å². The van der Waals surface area contributed by atoms with Crippen molar-refractivity contribution >= 4 is 33.3 Å². The fourth-order valence-corrected chi connectivity index (χ4v) is 2.45. The van der Waals surface area contributed by atoms with Gasteiger partial charge in [0.2, 0.25) is 5.91 Å². The van der Waals surface area contributed by atoms with Crippen molar-refractivity contribution in [2.45, 2.75) is 0 Å². The Morgan fingerprint density at radius 2 is 1.70 bits per heavy atom. The molecule has 0 fully saturated rings. The lowest BCUT2D eigenvalue weighted by Gasteiger charge is -2.21. The lowest BCUT2D eigenvalue weighted by atomic mass is 10.0. The van der Waals surface area contributed by atoms with E-state index in [-0.39, 0.29) is 17.0 Å². The summed E-state index contributed by atoms with van der Waals surface area (Å²) in [5.74, 6) is 0.592. The number of ketones is 1. The Bertz CT molecular complexity index is 746. The van der Waals surface area contributed by atoms with Crippen molar-refractivity contribution in [2.24, 2.45) is 0 Å². The van der Waals surface area contributed by atoms with Gasteiger partial charge in [-0.2, -0.15) is 0 Å². The third-order valence-corrected chi connectivity index (χ3v) is 3.87. The number of hydrogen-bond donors (Lipinski definition) is 1. The van der Waals surface area contributed by atoms with Crippen LogP contribution < -0.4 is 14.8 Å². The molecule has 0 saturated heterocycles. The largest absolute Gasteiger partial charge is 0.486 e. The van der Waals surface area contributed by atoms with Gasteiger partial charge in [-0.3, -0.25) is 9.59 Å². The number of ether oxygens (including phenoxy) is 2. The molecule has 6 heteroatoms. The first-order valence-electron chi connectivity index (χ1n) is 7.08. The highest BCUT2D eigenvalue weighted by Gasteiger charge is 2.21. The third kappa shape index (κ3) is 3.37. The number of benzene rings is 2. The molecule has 23 heavy (non-hydrogen) atoms. The van der Waals surface area contributed by atoms with E-state index in [0.717, 1.165) is 0 Å². The normalized spacial score (nSPS) is 12.6. The summed E-state index contributed by atoms with van der Waals surface area (Å²) in [6, 6.07) is 12.1. The molecule has 0 aliphatic carbocycles. The molecular formula is C17H14BrNO4. The predicted octanol–water partition coefficient (Wildman–Crippen LogP) is 3.02. The molecule has 0 radical (unpaired) electrons. The smallest absolute Gasteiger partial charge is 0.235 e. The molecule has 0 saturated carbocycles. The number of rotatable bonds is 4. The van der Waals surface area contributed by atoms with Gasteiger partial charge in [-0.15, -0.1) is 0 Å². The molecule has 0 aromatic heterocycles. The molecule has 5 nitrogen and oxygen atoms in total. The van der Waals surface area contributed by atoms with Crippen molar-refractivity contribution in [3.63, 3.8) is 0 Å². The molecule has 0 unspecified atom stereocenters. The number of carbonyl (C=O) groups is 2. The van der Waals surface area contributed by atoms with E-state index in [4.69, 9.17) is 9.47 Å². The van der Waals surface area contributed by atoms with E-state index in [9.17, 15) is 9.59 Å². The number of carbonyl (C=O) groups excluding carboxylic acids is 2. The van der Waals surface area contributed by atoms with Gasteiger partial charge in [-0.05, 0) is 6.07 Å². The van der Waals surface area contributed by atoms with Crippen molar-refractivity contribution in [2.75, 3.05) is 23.9 Å². The van der Waals surface area contributed by atoms with Crippen molar-refractivity contribution in [1.82, 2.24) is 0 Å². The van der Waals surface area contributed by atoms with Crippen LogP contribution in [0.15, 0.2) is 42.5 Å². The van der Waals surface area contributed by atoms with Crippen LogP contribution in [0.2, 0.25) is 0 Å². The van der Waals surface area contributed by atoms with E-state index >= 15 is 0 Å². The molecule has 1 amide bonds. The van der Waals surface area contributed by atoms with Crippen LogP contribution in [0.25, 0.3) is 0 Å². The van der Waals surface area contributed by atoms with Crippen LogP contribution in [0.1, 0.15) is 15.9 Å². The summed E-state index contributed by atoms with van der Waals surface area (Å²) in [5, 5.41) is 2.86. The van der Waals surface area contributed by atoms with Crippen molar-refractivity contribution in [1.29, 1.82) is 0 Å². The number of alkyl halides is 1. The molecule has 1 aliphatic heterocycles. The summed E-state index contributed by atoms with van der Waals surface area (Å²) in [5.41, 5.74) is 1.32. The van der Waals surface area contributed by atoms with E-state index in [1.807, 2.05) is 6.07 Å². The lowest BCUT2D eigenvalue weighted by Crippen LogP contribution is -2.19. The fraction of sp³-hybridized carbons (Fsp3) is 0.176. The first-order chi connectivity index (χ1) is 11.2. The number of amides is 1. The van der Waals surface area contributed by atoms with E-state index in [2.05, 4.69) is 21.2 Å². The van der Waals surface area contributed by atoms with Crippen LogP contribution in [0.3, 0.4) is 0 Å². The van der Waals surface area contributed by atoms with Crippen LogP contribution in [0, 0.1) is 0 Å². The van der Waals surface area contributed by atoms with Gasteiger partial charge in [0.15, 0.2) is 17.3 Å². The highest BCUT2D eigenvalue weighted by Crippen LogP contribution is 2.36. The van der Waals surface area contributed by atoms with Crippen LogP contribution in [0.4, 0.5) is 5.69 Å². The third-order valence-electron chi connectivity index (χ3n) is 3.36. The second-order valence-corrected chi connectivity index (χ2v) is 5.48. The molecule has 2 aromatic rings. The molecule has 3 rings (SSSR count). The molecule has 1 aliphatic rings. The average molecular weight is 376 g/mol. The molecule has 118 valence electrons. The minimum absolute atomic E-state index is 0.139. The second kappa shape index (κ2) is 6.83. The Kier molecular flexibility index (Phi) is 4.62. The zero-order valence-electron chi connectivity index (χ0n) is 12.2. The van der Waals surface area contributed by atoms with Crippen molar-refractivity contribution < 1.29 is 19.1 Å². The number of nitrogens with one attached hydrogen (secondary N) is 1. The van der Waals surface area contributed by atoms with Gasteiger partial charge in [0, 0.05) is 11.6 Å². The summed E-state index contributed by atoms with van der Waals surface area (Å²) in [6.07, 6.45) is 0. The zero-order valence-corrected chi connectivity index (χ0v) is 13.8. The maximum Gasteiger partial charge on any atom is 0.235 e. The standard InChI is InChI=1S/C17H14BrNO4/c18-10-16(20)19-13-9-15-14(22-6-7-23-15)8-12(13)17(21)11-4-2-1-3-5-11/h1-5,8-9H,6-7,10H2,(H,19,20). The number of fused-ring (bicyclic) bond motifs is 1. The molecular weight excluding hydrogens is 362 g/mol. The van der Waals surface area contributed by atoms with Crippen LogP contribution in [-0.4, -0.2) is 30.2 Å². The Balaban J connectivity index is 2.05. The Morgan fingerprint density at radius 3 is 2.35 bits per heavy atom. The van der Waals surface area contributed by atoms with E-state index < -0.39 is 0 Å². The van der Waals surface area contributed by atoms with Crippen LogP contribution in [0.5, 0.6) is 11.5 Å². The van der Waals surface area contributed by atoms with Crippen LogP contribution >= 0.6 is 15.9 Å². The second-order valence-electron chi connectivity index (χ2n) is 4.92. The maximum absolute atomic E-state index is 12.8. The molecule has 0 bridgehead atoms. The van der Waals surface area contributed by atoms with E-state index in [0.29, 0.717) is 41.5 Å².